The molecule has 0 saturated carbocycles. The number of anilines is 2. The van der Waals surface area contributed by atoms with Crippen LogP contribution < -0.4 is 16.0 Å². The van der Waals surface area contributed by atoms with Gasteiger partial charge in [-0.05, 0) is 49.7 Å². The first-order valence-electron chi connectivity index (χ1n) is 9.77. The lowest BCUT2D eigenvalue weighted by Gasteiger charge is -2.21. The van der Waals surface area contributed by atoms with E-state index in [2.05, 4.69) is 29.0 Å². The van der Waals surface area contributed by atoms with E-state index in [0.29, 0.717) is 16.3 Å². The third-order valence-corrected chi connectivity index (χ3v) is 5.72. The number of alkyl halides is 3. The van der Waals surface area contributed by atoms with Crippen LogP contribution in [0.3, 0.4) is 0 Å². The summed E-state index contributed by atoms with van der Waals surface area (Å²) in [5, 5.41) is 4.84. The van der Waals surface area contributed by atoms with E-state index in [0.717, 1.165) is 36.5 Å². The molecule has 0 fully saturated rings. The second kappa shape index (κ2) is 9.38. The SMILES string of the molecule is CCN(CC)c1ccc(N)c(-c2nc(C(=O)NCc3cccc(C(F)(F)F)c3)cs2)c1. The Kier molecular flexibility index (Phi) is 6.84. The summed E-state index contributed by atoms with van der Waals surface area (Å²) in [7, 11) is 0. The van der Waals surface area contributed by atoms with Crippen molar-refractivity contribution in [1.82, 2.24) is 10.3 Å². The molecule has 31 heavy (non-hydrogen) atoms. The molecule has 164 valence electrons. The molecule has 0 saturated heterocycles. The molecule has 5 nitrogen and oxygen atoms in total. The van der Waals surface area contributed by atoms with E-state index < -0.39 is 17.6 Å². The van der Waals surface area contributed by atoms with Gasteiger partial charge < -0.3 is 16.0 Å². The molecular formula is C22H23F3N4OS. The van der Waals surface area contributed by atoms with Crippen molar-refractivity contribution in [2.45, 2.75) is 26.6 Å². The summed E-state index contributed by atoms with van der Waals surface area (Å²) in [6.45, 7) is 5.79. The first-order chi connectivity index (χ1) is 14.7. The molecule has 1 amide bonds. The van der Waals surface area contributed by atoms with Crippen LogP contribution in [0, 0.1) is 0 Å². The van der Waals surface area contributed by atoms with E-state index in [-0.39, 0.29) is 12.2 Å². The largest absolute Gasteiger partial charge is 0.416 e. The van der Waals surface area contributed by atoms with Crippen molar-refractivity contribution >= 4 is 28.6 Å². The molecule has 0 aliphatic heterocycles. The predicted molar refractivity (Wildman–Crippen MR) is 118 cm³/mol. The molecule has 0 unspecified atom stereocenters. The van der Waals surface area contributed by atoms with Gasteiger partial charge in [-0.2, -0.15) is 13.2 Å². The zero-order chi connectivity index (χ0) is 22.6. The number of halogens is 3. The van der Waals surface area contributed by atoms with Crippen LogP contribution in [0.1, 0.15) is 35.5 Å². The zero-order valence-electron chi connectivity index (χ0n) is 17.2. The van der Waals surface area contributed by atoms with Crippen molar-refractivity contribution in [3.05, 3.63) is 64.7 Å². The number of hydrogen-bond donors (Lipinski definition) is 2. The van der Waals surface area contributed by atoms with E-state index >= 15 is 0 Å². The predicted octanol–water partition coefficient (Wildman–Crippen LogP) is 5.19. The number of rotatable bonds is 7. The molecule has 9 heteroatoms. The number of amides is 1. The summed E-state index contributed by atoms with van der Waals surface area (Å²) in [6, 6.07) is 10.6. The molecule has 2 aromatic carbocycles. The van der Waals surface area contributed by atoms with Gasteiger partial charge in [-0.3, -0.25) is 4.79 Å². The van der Waals surface area contributed by atoms with Crippen LogP contribution >= 0.6 is 11.3 Å². The Balaban J connectivity index is 1.74. The quantitative estimate of drug-likeness (QED) is 0.488. The number of carbonyl (C=O) groups is 1. The van der Waals surface area contributed by atoms with Gasteiger partial charge in [-0.25, -0.2) is 4.98 Å². The first-order valence-corrected chi connectivity index (χ1v) is 10.7. The number of aromatic nitrogens is 1. The number of hydrogen-bond acceptors (Lipinski definition) is 5. The fraction of sp³-hybridized carbons (Fsp3) is 0.273. The number of nitrogens with zero attached hydrogens (tertiary/aromatic N) is 2. The minimum atomic E-state index is -4.43. The number of carbonyl (C=O) groups excluding carboxylic acids is 1. The molecule has 1 heterocycles. The molecule has 3 aromatic rings. The van der Waals surface area contributed by atoms with E-state index in [1.807, 2.05) is 18.2 Å². The van der Waals surface area contributed by atoms with Crippen molar-refractivity contribution < 1.29 is 18.0 Å². The van der Waals surface area contributed by atoms with Crippen molar-refractivity contribution in [3.63, 3.8) is 0 Å². The monoisotopic (exact) mass is 448 g/mol. The number of nitrogens with two attached hydrogens (primary N) is 1. The van der Waals surface area contributed by atoms with Gasteiger partial charge in [0.2, 0.25) is 0 Å². The Hall–Kier alpha value is -3.07. The third kappa shape index (κ3) is 5.35. The summed E-state index contributed by atoms with van der Waals surface area (Å²) in [5.74, 6) is -0.460. The Morgan fingerprint density at radius 1 is 1.16 bits per heavy atom. The molecule has 3 rings (SSSR count). The number of nitrogens with one attached hydrogen (secondary N) is 1. The van der Waals surface area contributed by atoms with Crippen LogP contribution in [0.15, 0.2) is 47.8 Å². The van der Waals surface area contributed by atoms with E-state index in [1.165, 1.54) is 23.5 Å². The maximum Gasteiger partial charge on any atom is 0.416 e. The van der Waals surface area contributed by atoms with Crippen LogP contribution in [0.25, 0.3) is 10.6 Å². The van der Waals surface area contributed by atoms with Gasteiger partial charge in [-0.1, -0.05) is 12.1 Å². The molecule has 3 N–H and O–H groups in total. The number of benzene rings is 2. The van der Waals surface area contributed by atoms with Crippen LogP contribution in [0.4, 0.5) is 24.5 Å². The van der Waals surface area contributed by atoms with Crippen molar-refractivity contribution in [2.75, 3.05) is 23.7 Å². The Morgan fingerprint density at radius 2 is 1.90 bits per heavy atom. The zero-order valence-corrected chi connectivity index (χ0v) is 18.0. The summed E-state index contributed by atoms with van der Waals surface area (Å²) in [5.41, 5.74) is 8.24. The van der Waals surface area contributed by atoms with Crippen LogP contribution in [-0.4, -0.2) is 24.0 Å². The van der Waals surface area contributed by atoms with Crippen molar-refractivity contribution in [2.24, 2.45) is 0 Å². The van der Waals surface area contributed by atoms with Gasteiger partial charge in [0.15, 0.2) is 0 Å². The third-order valence-electron chi connectivity index (χ3n) is 4.84. The fourth-order valence-electron chi connectivity index (χ4n) is 3.15. The standard InChI is InChI=1S/C22H23F3N4OS/c1-3-29(4-2)16-8-9-18(26)17(11-16)21-28-19(13-31-21)20(30)27-12-14-6-5-7-15(10-14)22(23,24)25/h5-11,13H,3-4,12,26H2,1-2H3,(H,27,30). The maximum atomic E-state index is 12.8. The normalized spacial score (nSPS) is 11.4. The van der Waals surface area contributed by atoms with Crippen LogP contribution in [0.2, 0.25) is 0 Å². The van der Waals surface area contributed by atoms with Gasteiger partial charge in [-0.15, -0.1) is 11.3 Å². The molecule has 0 atom stereocenters. The average Bonchev–Trinajstić information content (AvgIpc) is 3.24. The van der Waals surface area contributed by atoms with Gasteiger partial charge in [0.1, 0.15) is 10.7 Å². The molecule has 0 spiro atoms. The van der Waals surface area contributed by atoms with Gasteiger partial charge in [0.05, 0.1) is 5.56 Å². The van der Waals surface area contributed by atoms with E-state index in [4.69, 9.17) is 5.73 Å². The Morgan fingerprint density at radius 3 is 2.58 bits per heavy atom. The summed E-state index contributed by atoms with van der Waals surface area (Å²) < 4.78 is 38.5. The number of thiazole rings is 1. The molecule has 1 aromatic heterocycles. The van der Waals surface area contributed by atoms with Gasteiger partial charge in [0, 0.05) is 42.0 Å². The highest BCUT2D eigenvalue weighted by atomic mass is 32.1. The van der Waals surface area contributed by atoms with E-state index in [9.17, 15) is 18.0 Å². The van der Waals surface area contributed by atoms with Gasteiger partial charge >= 0.3 is 6.18 Å². The van der Waals surface area contributed by atoms with Crippen LogP contribution in [-0.2, 0) is 12.7 Å². The minimum absolute atomic E-state index is 0.0325. The smallest absolute Gasteiger partial charge is 0.398 e. The molecule has 0 aliphatic rings. The first kappa shape index (κ1) is 22.6. The highest BCUT2D eigenvalue weighted by Gasteiger charge is 2.30. The van der Waals surface area contributed by atoms with E-state index in [1.54, 1.807) is 5.38 Å². The highest BCUT2D eigenvalue weighted by molar-refractivity contribution is 7.13. The maximum absolute atomic E-state index is 12.8. The Bertz CT molecular complexity index is 1060. The summed E-state index contributed by atoms with van der Waals surface area (Å²) in [4.78, 5) is 19.0. The number of nitrogen functional groups attached to an aromatic ring is 1. The second-order valence-electron chi connectivity index (χ2n) is 6.86. The lowest BCUT2D eigenvalue weighted by atomic mass is 10.1. The Labute approximate surface area is 182 Å². The molecule has 0 bridgehead atoms. The molecule has 0 radical (unpaired) electrons. The highest BCUT2D eigenvalue weighted by Crippen LogP contribution is 2.33. The lowest BCUT2D eigenvalue weighted by Crippen LogP contribution is -2.23. The van der Waals surface area contributed by atoms with Crippen molar-refractivity contribution in [1.29, 1.82) is 0 Å². The summed E-state index contributed by atoms with van der Waals surface area (Å²) >= 11 is 1.29. The minimum Gasteiger partial charge on any atom is -0.398 e. The molecule has 0 aliphatic carbocycles. The fourth-order valence-corrected chi connectivity index (χ4v) is 3.98. The second-order valence-corrected chi connectivity index (χ2v) is 7.72. The molecular weight excluding hydrogens is 425 g/mol. The lowest BCUT2D eigenvalue weighted by molar-refractivity contribution is -0.137. The summed E-state index contributed by atoms with van der Waals surface area (Å²) in [6.07, 6.45) is -4.43. The van der Waals surface area contributed by atoms with Crippen LogP contribution in [0.5, 0.6) is 0 Å². The van der Waals surface area contributed by atoms with Crippen molar-refractivity contribution in [3.8, 4) is 10.6 Å². The topological polar surface area (TPSA) is 71.2 Å². The average molecular weight is 449 g/mol. The van der Waals surface area contributed by atoms with Gasteiger partial charge in [0.25, 0.3) is 5.91 Å².